The summed E-state index contributed by atoms with van der Waals surface area (Å²) in [5.41, 5.74) is 0.228. The highest BCUT2D eigenvalue weighted by atomic mass is 16.5. The van der Waals surface area contributed by atoms with Gasteiger partial charge in [0, 0.05) is 87.7 Å². The number of hydrazone groups is 1. The Hall–Kier alpha value is -4.67. The fourth-order valence-electron chi connectivity index (χ4n) is 8.13. The van der Waals surface area contributed by atoms with Gasteiger partial charge in [0.05, 0.1) is 59.1 Å². The molecule has 0 aliphatic carbocycles. The maximum absolute atomic E-state index is 13.7. The molecule has 0 saturated carbocycles. The van der Waals surface area contributed by atoms with Crippen molar-refractivity contribution in [3.8, 4) is 23.0 Å². The lowest BCUT2D eigenvalue weighted by molar-refractivity contribution is -0.112. The van der Waals surface area contributed by atoms with Crippen LogP contribution in [0.25, 0.3) is 10.8 Å². The molecule has 2 aliphatic heterocycles. The van der Waals surface area contributed by atoms with Gasteiger partial charge in [-0.15, -0.1) is 0 Å². The lowest BCUT2D eigenvalue weighted by Gasteiger charge is -2.38. The Labute approximate surface area is 341 Å². The van der Waals surface area contributed by atoms with Crippen LogP contribution in [0.2, 0.25) is 0 Å². The molecule has 15 heteroatoms. The molecule has 2 aromatic rings. The SMILES string of the molecule is CO[C@@H]([C@H](C)[C@H](O)[C@H](C)[C@@H](OC)[C@@H](C)/C=C/C=C(/C)C(=O)Nc1c(/C=N/N2CCN(C)CC2)c(O)c2c3c(c(C)c(O)c2c1O)OC(C)C3=O)[C@H](C)[C@H](/C=C/O)OC. The van der Waals surface area contributed by atoms with Crippen molar-refractivity contribution in [3.63, 3.8) is 0 Å². The first-order valence-electron chi connectivity index (χ1n) is 19.6. The first-order valence-corrected chi connectivity index (χ1v) is 19.6. The van der Waals surface area contributed by atoms with Gasteiger partial charge in [-0.3, -0.25) is 14.6 Å². The maximum Gasteiger partial charge on any atom is 0.251 e. The summed E-state index contributed by atoms with van der Waals surface area (Å²) in [6, 6.07) is 0. The second-order valence-electron chi connectivity index (χ2n) is 15.6. The van der Waals surface area contributed by atoms with Crippen LogP contribution in [0.1, 0.15) is 63.0 Å². The van der Waals surface area contributed by atoms with Crippen molar-refractivity contribution < 1.29 is 54.1 Å². The number of likely N-dealkylation sites (N-methyl/N-ethyl adjacent to an activating group) is 1. The molecule has 320 valence electrons. The molecule has 6 N–H and O–H groups in total. The Morgan fingerprint density at radius 3 is 2.12 bits per heavy atom. The number of ether oxygens (including phenoxy) is 4. The largest absolute Gasteiger partial charge is 0.516 e. The second-order valence-corrected chi connectivity index (χ2v) is 15.6. The van der Waals surface area contributed by atoms with Crippen LogP contribution in [0.4, 0.5) is 5.69 Å². The highest BCUT2D eigenvalue weighted by Crippen LogP contribution is 2.53. The summed E-state index contributed by atoms with van der Waals surface area (Å²) in [7, 11) is 6.71. The van der Waals surface area contributed by atoms with Crippen molar-refractivity contribution in [2.24, 2.45) is 28.8 Å². The molecule has 2 heterocycles. The third kappa shape index (κ3) is 9.45. The fraction of sp³-hybridized carbons (Fsp3) is 0.558. The van der Waals surface area contributed by atoms with Gasteiger partial charge in [-0.25, -0.2) is 0 Å². The molecular formula is C43H62N4O11. The Morgan fingerprint density at radius 2 is 1.53 bits per heavy atom. The number of aromatic hydroxyl groups is 3. The van der Waals surface area contributed by atoms with Crippen LogP contribution in [0.3, 0.4) is 0 Å². The first-order chi connectivity index (χ1) is 27.4. The van der Waals surface area contributed by atoms with Crippen LogP contribution < -0.4 is 10.1 Å². The summed E-state index contributed by atoms with van der Waals surface area (Å²) in [4.78, 5) is 29.2. The average molecular weight is 811 g/mol. The number of nitrogens with zero attached hydrogens (tertiary/aromatic N) is 3. The number of fused-ring (bicyclic) bond motifs is 3. The number of benzene rings is 2. The number of carbonyl (C=O) groups excluding carboxylic acids is 2. The Balaban J connectivity index is 1.62. The zero-order chi connectivity index (χ0) is 43.2. The first kappa shape index (κ1) is 46.0. The number of phenols is 3. The van der Waals surface area contributed by atoms with E-state index in [9.17, 15) is 35.1 Å². The van der Waals surface area contributed by atoms with Gasteiger partial charge in [0.2, 0.25) is 5.78 Å². The van der Waals surface area contributed by atoms with E-state index in [0.717, 1.165) is 19.4 Å². The van der Waals surface area contributed by atoms with Crippen molar-refractivity contribution in [1.29, 1.82) is 0 Å². The summed E-state index contributed by atoms with van der Waals surface area (Å²) in [5, 5.41) is 64.4. The molecule has 0 aromatic heterocycles. The van der Waals surface area contributed by atoms with Gasteiger partial charge < -0.3 is 54.7 Å². The van der Waals surface area contributed by atoms with Crippen LogP contribution in [0.5, 0.6) is 23.0 Å². The molecule has 2 aromatic carbocycles. The summed E-state index contributed by atoms with van der Waals surface area (Å²) in [5.74, 6) is -3.40. The lowest BCUT2D eigenvalue weighted by atomic mass is 9.78. The van der Waals surface area contributed by atoms with E-state index in [4.69, 9.17) is 18.9 Å². The van der Waals surface area contributed by atoms with Gasteiger partial charge in [0.15, 0.2) is 11.9 Å². The van der Waals surface area contributed by atoms with E-state index in [2.05, 4.69) is 15.3 Å². The normalized spacial score (nSPS) is 21.0. The summed E-state index contributed by atoms with van der Waals surface area (Å²) >= 11 is 0. The molecule has 1 unspecified atom stereocenters. The number of carbonyl (C=O) groups is 2. The van der Waals surface area contributed by atoms with Crippen LogP contribution in [-0.4, -0.2) is 138 Å². The van der Waals surface area contributed by atoms with E-state index in [1.54, 1.807) is 59.3 Å². The number of methoxy groups -OCH3 is 3. The van der Waals surface area contributed by atoms with Crippen LogP contribution in [0, 0.1) is 30.6 Å². The minimum absolute atomic E-state index is 0.0296. The van der Waals surface area contributed by atoms with Crippen LogP contribution >= 0.6 is 0 Å². The van der Waals surface area contributed by atoms with Gasteiger partial charge in [0.1, 0.15) is 17.2 Å². The van der Waals surface area contributed by atoms with Crippen molar-refractivity contribution in [2.45, 2.75) is 79.0 Å². The fourth-order valence-corrected chi connectivity index (χ4v) is 8.13. The molecule has 1 saturated heterocycles. The highest BCUT2D eigenvalue weighted by molar-refractivity contribution is 6.23. The minimum Gasteiger partial charge on any atom is -0.516 e. The number of hydrogen-bond acceptors (Lipinski definition) is 14. The quantitative estimate of drug-likeness (QED) is 0.0302. The standard InChI is InChI=1S/C43H62N4O11/c1-22(40(56-10)25(4)35(49)26(5)41(57-11)24(3)30(55-9)15-20-48)13-12-14-23(2)43(54)45-34-29(21-44-47-18-16-46(8)17-19-47)38(52)31-32(39(34)53)36(50)27(6)42-33(31)37(51)28(7)58-42/h12-15,20-22,24-26,28,30,35,40-41,48-50,52-53H,16-19H2,1-11H3,(H,45,54)/b13-12+,20-15+,23-14-,44-21+/t22-,24+,25-,26+,28?,30-,35+,40-,41+/m0/s1. The molecular weight excluding hydrogens is 748 g/mol. The van der Waals surface area contributed by atoms with Gasteiger partial charge in [-0.05, 0) is 33.9 Å². The Morgan fingerprint density at radius 1 is 0.914 bits per heavy atom. The van der Waals surface area contributed by atoms with E-state index >= 15 is 0 Å². The zero-order valence-corrected chi connectivity index (χ0v) is 35.5. The van der Waals surface area contributed by atoms with Crippen molar-refractivity contribution >= 4 is 34.4 Å². The van der Waals surface area contributed by atoms with Crippen molar-refractivity contribution in [1.82, 2.24) is 9.91 Å². The molecule has 58 heavy (non-hydrogen) atoms. The third-order valence-corrected chi connectivity index (χ3v) is 11.8. The predicted molar refractivity (Wildman–Crippen MR) is 223 cm³/mol. The molecule has 4 rings (SSSR count). The smallest absolute Gasteiger partial charge is 0.251 e. The maximum atomic E-state index is 13.7. The van der Waals surface area contributed by atoms with Gasteiger partial charge >= 0.3 is 0 Å². The number of amides is 1. The van der Waals surface area contributed by atoms with Gasteiger partial charge in [-0.1, -0.05) is 45.9 Å². The molecule has 0 radical (unpaired) electrons. The lowest BCUT2D eigenvalue weighted by Crippen LogP contribution is -2.46. The number of Topliss-reactive ketones (excluding diaryl/α,β-unsaturated/α-hetero) is 1. The Kier molecular flexibility index (Phi) is 15.8. The number of anilines is 1. The molecule has 0 spiro atoms. The number of nitrogens with one attached hydrogen (secondary N) is 1. The summed E-state index contributed by atoms with van der Waals surface area (Å²) in [6.45, 7) is 15.1. The molecule has 0 bridgehead atoms. The van der Waals surface area contributed by atoms with E-state index in [1.165, 1.54) is 12.3 Å². The third-order valence-electron chi connectivity index (χ3n) is 11.8. The molecule has 9 atom stereocenters. The van der Waals surface area contributed by atoms with E-state index < -0.39 is 59.5 Å². The topological polar surface area (TPSA) is 203 Å². The predicted octanol–water partition coefficient (Wildman–Crippen LogP) is 5.27. The number of aliphatic hydroxyl groups is 2. The summed E-state index contributed by atoms with van der Waals surface area (Å²) < 4.78 is 22.9. The zero-order valence-electron chi connectivity index (χ0n) is 35.5. The highest BCUT2D eigenvalue weighted by Gasteiger charge is 2.39. The minimum atomic E-state index is -0.872. The van der Waals surface area contributed by atoms with E-state index in [0.29, 0.717) is 13.1 Å². The number of aliphatic hydroxyl groups excluding tert-OH is 2. The van der Waals surface area contributed by atoms with Crippen LogP contribution in [-0.2, 0) is 19.0 Å². The molecule has 15 nitrogen and oxygen atoms in total. The number of rotatable bonds is 17. The van der Waals surface area contributed by atoms with E-state index in [1.807, 2.05) is 40.8 Å². The van der Waals surface area contributed by atoms with Crippen molar-refractivity contribution in [2.75, 3.05) is 59.9 Å². The summed E-state index contributed by atoms with van der Waals surface area (Å²) in [6.07, 6.45) is 6.02. The van der Waals surface area contributed by atoms with Gasteiger partial charge in [-0.2, -0.15) is 5.10 Å². The van der Waals surface area contributed by atoms with Gasteiger partial charge in [0.25, 0.3) is 5.91 Å². The Bertz CT molecular complexity index is 1920. The number of piperazine rings is 1. The number of phenolic OH excluding ortho intramolecular Hbond substituents is 3. The number of allylic oxidation sites excluding steroid dienone is 2. The van der Waals surface area contributed by atoms with E-state index in [-0.39, 0.29) is 68.1 Å². The molecule has 2 aliphatic rings. The number of ketones is 1. The van der Waals surface area contributed by atoms with Crippen LogP contribution in [0.15, 0.2) is 41.2 Å². The van der Waals surface area contributed by atoms with Crippen molar-refractivity contribution in [3.05, 3.63) is 52.8 Å². The molecule has 1 amide bonds. The average Bonchev–Trinajstić information content (AvgIpc) is 3.50. The molecule has 1 fully saturated rings. The second kappa shape index (κ2) is 19.9. The monoisotopic (exact) mass is 810 g/mol. The number of hydrogen-bond donors (Lipinski definition) is 6.